The lowest BCUT2D eigenvalue weighted by Gasteiger charge is -2.12. The molecule has 0 saturated heterocycles. The molecule has 7 nitrogen and oxygen atoms in total. The highest BCUT2D eigenvalue weighted by atomic mass is 127. The van der Waals surface area contributed by atoms with Gasteiger partial charge in [0, 0.05) is 25.8 Å². The number of ether oxygens (including phenoxy) is 1. The molecule has 0 radical (unpaired) electrons. The van der Waals surface area contributed by atoms with Gasteiger partial charge in [0.25, 0.3) is 0 Å². The van der Waals surface area contributed by atoms with E-state index in [1.165, 1.54) is 0 Å². The van der Waals surface area contributed by atoms with E-state index < -0.39 is 11.9 Å². The van der Waals surface area contributed by atoms with Gasteiger partial charge in [0.1, 0.15) is 11.4 Å². The summed E-state index contributed by atoms with van der Waals surface area (Å²) in [6.45, 7) is 3.82. The number of hydrogen-bond acceptors (Lipinski definition) is 5. The summed E-state index contributed by atoms with van der Waals surface area (Å²) in [6.07, 6.45) is -3.42. The second kappa shape index (κ2) is 12.3. The van der Waals surface area contributed by atoms with Crippen LogP contribution in [0.25, 0.3) is 0 Å². The predicted octanol–water partition coefficient (Wildman–Crippen LogP) is 3.29. The third-order valence-corrected chi connectivity index (χ3v) is 3.54. The molecule has 0 aliphatic carbocycles. The first-order valence-corrected chi connectivity index (χ1v) is 8.71. The van der Waals surface area contributed by atoms with E-state index in [0.29, 0.717) is 32.1 Å². The fraction of sp³-hybridized carbons (Fsp3) is 0.389. The van der Waals surface area contributed by atoms with Gasteiger partial charge in [0.2, 0.25) is 5.95 Å². The molecular weight excluding hydrogens is 500 g/mol. The zero-order valence-corrected chi connectivity index (χ0v) is 18.4. The number of benzene rings is 1. The molecule has 2 aromatic rings. The molecule has 160 valence electrons. The normalized spacial score (nSPS) is 11.4. The Bertz CT molecular complexity index is 788. The van der Waals surface area contributed by atoms with Gasteiger partial charge in [0.05, 0.1) is 13.7 Å². The maximum atomic E-state index is 12.7. The van der Waals surface area contributed by atoms with Crippen molar-refractivity contribution in [3.05, 3.63) is 47.8 Å². The Labute approximate surface area is 184 Å². The average Bonchev–Trinajstić information content (AvgIpc) is 2.69. The van der Waals surface area contributed by atoms with Crippen molar-refractivity contribution in [1.82, 2.24) is 20.6 Å². The summed E-state index contributed by atoms with van der Waals surface area (Å²) >= 11 is 0. The van der Waals surface area contributed by atoms with E-state index in [1.807, 2.05) is 31.2 Å². The van der Waals surface area contributed by atoms with Crippen molar-refractivity contribution in [2.75, 3.05) is 32.1 Å². The Morgan fingerprint density at radius 2 is 1.97 bits per heavy atom. The molecule has 0 saturated carbocycles. The van der Waals surface area contributed by atoms with Crippen LogP contribution in [0.2, 0.25) is 0 Å². The number of guanidine groups is 1. The van der Waals surface area contributed by atoms with Crippen molar-refractivity contribution >= 4 is 35.9 Å². The fourth-order valence-electron chi connectivity index (χ4n) is 2.24. The average molecular weight is 524 g/mol. The van der Waals surface area contributed by atoms with Crippen LogP contribution in [0.15, 0.2) is 41.5 Å². The predicted molar refractivity (Wildman–Crippen MR) is 117 cm³/mol. The number of aromatic nitrogens is 2. The Hall–Kier alpha value is -2.31. The molecule has 0 atom stereocenters. The molecule has 0 amide bonds. The molecule has 11 heteroatoms. The molecule has 0 unspecified atom stereocenters. The summed E-state index contributed by atoms with van der Waals surface area (Å²) in [5.74, 6) is 1.28. The lowest BCUT2D eigenvalue weighted by atomic mass is 10.2. The minimum absolute atomic E-state index is 0. The van der Waals surface area contributed by atoms with Crippen molar-refractivity contribution in [3.8, 4) is 5.75 Å². The number of nitrogens with zero attached hydrogens (tertiary/aromatic N) is 3. The Morgan fingerprint density at radius 3 is 2.66 bits per heavy atom. The monoisotopic (exact) mass is 524 g/mol. The van der Waals surface area contributed by atoms with Crippen molar-refractivity contribution in [3.63, 3.8) is 0 Å². The second-order valence-electron chi connectivity index (χ2n) is 5.66. The standard InChI is InChI=1S/C18H23F3N6O.HI/c1-3-22-16(26-12-13-5-4-6-14(11-13)28-2)24-9-10-25-17-23-8-7-15(27-17)18(19,20)21;/h4-8,11H,3,9-10,12H2,1-2H3,(H2,22,24,26)(H,23,25,27);1H. The largest absolute Gasteiger partial charge is 0.497 e. The Morgan fingerprint density at radius 1 is 1.17 bits per heavy atom. The summed E-state index contributed by atoms with van der Waals surface area (Å²) in [4.78, 5) is 11.7. The van der Waals surface area contributed by atoms with Crippen LogP contribution in [0.3, 0.4) is 0 Å². The number of hydrogen-bond donors (Lipinski definition) is 3. The molecule has 3 N–H and O–H groups in total. The van der Waals surface area contributed by atoms with Gasteiger partial charge in [-0.25, -0.2) is 15.0 Å². The summed E-state index contributed by atoms with van der Waals surface area (Å²) in [5, 5.41) is 8.97. The van der Waals surface area contributed by atoms with Gasteiger partial charge in [-0.2, -0.15) is 13.2 Å². The number of nitrogens with one attached hydrogen (secondary N) is 3. The van der Waals surface area contributed by atoms with E-state index in [1.54, 1.807) is 7.11 Å². The van der Waals surface area contributed by atoms with Crippen molar-refractivity contribution in [1.29, 1.82) is 0 Å². The summed E-state index contributed by atoms with van der Waals surface area (Å²) in [7, 11) is 1.61. The van der Waals surface area contributed by atoms with Crippen LogP contribution in [0.1, 0.15) is 18.2 Å². The molecule has 2 rings (SSSR count). The zero-order chi connectivity index (χ0) is 20.4. The van der Waals surface area contributed by atoms with E-state index >= 15 is 0 Å². The quantitative estimate of drug-likeness (QED) is 0.213. The van der Waals surface area contributed by atoms with Gasteiger partial charge in [0.15, 0.2) is 5.96 Å². The van der Waals surface area contributed by atoms with Crippen molar-refractivity contribution in [2.45, 2.75) is 19.6 Å². The molecule has 29 heavy (non-hydrogen) atoms. The summed E-state index contributed by atoms with van der Waals surface area (Å²) in [6, 6.07) is 8.43. The summed E-state index contributed by atoms with van der Waals surface area (Å²) in [5.41, 5.74) is 0.0122. The van der Waals surface area contributed by atoms with Crippen LogP contribution < -0.4 is 20.7 Å². The number of rotatable bonds is 8. The van der Waals surface area contributed by atoms with Crippen LogP contribution in [0.4, 0.5) is 19.1 Å². The van der Waals surface area contributed by atoms with E-state index in [2.05, 4.69) is 30.9 Å². The minimum atomic E-state index is -4.50. The van der Waals surface area contributed by atoms with E-state index in [-0.39, 0.29) is 29.9 Å². The first-order chi connectivity index (χ1) is 13.4. The number of anilines is 1. The number of aliphatic imine (C=N–C) groups is 1. The highest BCUT2D eigenvalue weighted by Crippen LogP contribution is 2.27. The van der Waals surface area contributed by atoms with Crippen LogP contribution in [-0.4, -0.2) is 42.7 Å². The number of alkyl halides is 3. The van der Waals surface area contributed by atoms with E-state index in [4.69, 9.17) is 4.74 Å². The van der Waals surface area contributed by atoms with Gasteiger partial charge in [-0.1, -0.05) is 12.1 Å². The number of halogens is 4. The molecule has 1 aromatic carbocycles. The minimum Gasteiger partial charge on any atom is -0.497 e. The van der Waals surface area contributed by atoms with E-state index in [0.717, 1.165) is 23.6 Å². The molecule has 0 aliphatic rings. The maximum Gasteiger partial charge on any atom is 0.433 e. The highest BCUT2D eigenvalue weighted by molar-refractivity contribution is 14.0. The third kappa shape index (κ3) is 8.71. The van der Waals surface area contributed by atoms with Crippen LogP contribution in [0.5, 0.6) is 5.75 Å². The van der Waals surface area contributed by atoms with Gasteiger partial charge < -0.3 is 20.7 Å². The van der Waals surface area contributed by atoms with Gasteiger partial charge >= 0.3 is 6.18 Å². The van der Waals surface area contributed by atoms with Crippen molar-refractivity contribution in [2.24, 2.45) is 4.99 Å². The highest BCUT2D eigenvalue weighted by Gasteiger charge is 2.32. The molecule has 0 spiro atoms. The SMILES string of the molecule is CCNC(=NCc1cccc(OC)c1)NCCNc1nccc(C(F)(F)F)n1.I. The molecule has 1 heterocycles. The maximum absolute atomic E-state index is 12.7. The van der Waals surface area contributed by atoms with Gasteiger partial charge in [-0.15, -0.1) is 24.0 Å². The third-order valence-electron chi connectivity index (χ3n) is 3.54. The molecule has 0 fully saturated rings. The first-order valence-electron chi connectivity index (χ1n) is 8.71. The smallest absolute Gasteiger partial charge is 0.433 e. The lowest BCUT2D eigenvalue weighted by Crippen LogP contribution is -2.39. The van der Waals surface area contributed by atoms with Crippen molar-refractivity contribution < 1.29 is 17.9 Å². The van der Waals surface area contributed by atoms with Gasteiger partial charge in [-0.05, 0) is 30.7 Å². The van der Waals surface area contributed by atoms with Crippen LogP contribution in [-0.2, 0) is 12.7 Å². The van der Waals surface area contributed by atoms with Gasteiger partial charge in [-0.3, -0.25) is 0 Å². The lowest BCUT2D eigenvalue weighted by molar-refractivity contribution is -0.141. The zero-order valence-electron chi connectivity index (χ0n) is 16.1. The molecule has 0 bridgehead atoms. The Kier molecular flexibility index (Phi) is 10.5. The molecule has 0 aliphatic heterocycles. The van der Waals surface area contributed by atoms with Crippen LogP contribution >= 0.6 is 24.0 Å². The van der Waals surface area contributed by atoms with E-state index in [9.17, 15) is 13.2 Å². The van der Waals surface area contributed by atoms with Crippen LogP contribution in [0, 0.1) is 0 Å². The number of methoxy groups -OCH3 is 1. The Balaban J connectivity index is 0.00000420. The summed E-state index contributed by atoms with van der Waals surface area (Å²) < 4.78 is 43.2. The molecular formula is C18H24F3IN6O. The topological polar surface area (TPSA) is 83.5 Å². The first kappa shape index (κ1) is 24.7. The molecule has 1 aromatic heterocycles. The second-order valence-corrected chi connectivity index (χ2v) is 5.66. The fourth-order valence-corrected chi connectivity index (χ4v) is 2.24.